The molecule has 0 amide bonds. The molecule has 10 rings (SSSR count). The Hall–Kier alpha value is -7.38. The van der Waals surface area contributed by atoms with Crippen molar-refractivity contribution in [1.29, 1.82) is 0 Å². The molecular formula is C55H35F6N. The van der Waals surface area contributed by atoms with Gasteiger partial charge in [0.1, 0.15) is 0 Å². The lowest BCUT2D eigenvalue weighted by Crippen LogP contribution is -2.28. The van der Waals surface area contributed by atoms with Gasteiger partial charge < -0.3 is 4.90 Å². The molecule has 62 heavy (non-hydrogen) atoms. The second-order valence-corrected chi connectivity index (χ2v) is 15.4. The molecule has 302 valence electrons. The van der Waals surface area contributed by atoms with Crippen LogP contribution in [0.4, 0.5) is 43.4 Å². The molecule has 1 unspecified atom stereocenters. The molecule has 0 bridgehead atoms. The van der Waals surface area contributed by atoms with E-state index in [0.717, 1.165) is 85.9 Å². The average Bonchev–Trinajstić information content (AvgIpc) is 3.77. The summed E-state index contributed by atoms with van der Waals surface area (Å²) in [6, 6.07) is 64.6. The lowest BCUT2D eigenvalue weighted by molar-refractivity contribution is -0.138. The zero-order valence-electron chi connectivity index (χ0n) is 32.9. The number of halogens is 6. The summed E-state index contributed by atoms with van der Waals surface area (Å²) in [7, 11) is 0. The van der Waals surface area contributed by atoms with Crippen LogP contribution >= 0.6 is 0 Å². The molecule has 0 radical (unpaired) electrons. The van der Waals surface area contributed by atoms with Crippen LogP contribution in [0.15, 0.2) is 212 Å². The molecule has 8 aromatic carbocycles. The third kappa shape index (κ3) is 6.35. The van der Waals surface area contributed by atoms with Crippen molar-refractivity contribution in [2.75, 3.05) is 4.90 Å². The Morgan fingerprint density at radius 3 is 1.21 bits per heavy atom. The number of hydrogen-bond donors (Lipinski definition) is 0. The third-order valence-corrected chi connectivity index (χ3v) is 11.9. The van der Waals surface area contributed by atoms with Gasteiger partial charge in [0.15, 0.2) is 0 Å². The summed E-state index contributed by atoms with van der Waals surface area (Å²) < 4.78 is 85.3. The molecule has 0 aliphatic heterocycles. The first-order valence-corrected chi connectivity index (χ1v) is 20.2. The smallest absolute Gasteiger partial charge is 0.310 e. The van der Waals surface area contributed by atoms with Crippen LogP contribution in [0.5, 0.6) is 0 Å². The molecule has 0 saturated carbocycles. The largest absolute Gasteiger partial charge is 0.416 e. The van der Waals surface area contributed by atoms with Gasteiger partial charge >= 0.3 is 12.4 Å². The summed E-state index contributed by atoms with van der Waals surface area (Å²) in [6.07, 6.45) is -9.17. The summed E-state index contributed by atoms with van der Waals surface area (Å²) in [5.74, 6) is 0. The SMILES string of the molecule is FC(F)(F)c1ccc(C2=C(c3ccc(C(F)(F)F)cc3)C3(C(c4ccccc4)=C(c4ccccc4)c4ccccc43)c3cc(N(c4ccccc4)c4ccccc4)ccc32)cc1. The highest BCUT2D eigenvalue weighted by Gasteiger charge is 2.55. The van der Waals surface area contributed by atoms with Crippen LogP contribution in [0.25, 0.3) is 22.3 Å². The van der Waals surface area contributed by atoms with E-state index in [1.54, 1.807) is 0 Å². The summed E-state index contributed by atoms with van der Waals surface area (Å²) >= 11 is 0. The first kappa shape index (κ1) is 38.8. The zero-order chi connectivity index (χ0) is 42.6. The average molecular weight is 824 g/mol. The normalized spacial score (nSPS) is 15.8. The second kappa shape index (κ2) is 15.0. The Kier molecular flexibility index (Phi) is 9.36. The first-order chi connectivity index (χ1) is 30.0. The lowest BCUT2D eigenvalue weighted by atomic mass is 9.65. The Labute approximate surface area is 355 Å². The maximum Gasteiger partial charge on any atom is 0.416 e. The number of fused-ring (bicyclic) bond motifs is 4. The minimum atomic E-state index is -4.59. The summed E-state index contributed by atoms with van der Waals surface area (Å²) in [5.41, 5.74) is 9.24. The molecule has 7 heteroatoms. The molecule has 1 nitrogen and oxygen atoms in total. The Balaban J connectivity index is 1.39. The van der Waals surface area contributed by atoms with E-state index < -0.39 is 28.9 Å². The van der Waals surface area contributed by atoms with Crippen LogP contribution in [-0.2, 0) is 17.8 Å². The van der Waals surface area contributed by atoms with Crippen molar-refractivity contribution in [3.63, 3.8) is 0 Å². The van der Waals surface area contributed by atoms with Gasteiger partial charge in [0.2, 0.25) is 0 Å². The van der Waals surface area contributed by atoms with Gasteiger partial charge in [0.25, 0.3) is 0 Å². The van der Waals surface area contributed by atoms with E-state index in [1.807, 2.05) is 121 Å². The van der Waals surface area contributed by atoms with E-state index >= 15 is 0 Å². The Morgan fingerprint density at radius 1 is 0.323 bits per heavy atom. The molecule has 8 aromatic rings. The van der Waals surface area contributed by atoms with Gasteiger partial charge in [-0.2, -0.15) is 26.3 Å². The van der Waals surface area contributed by atoms with Crippen molar-refractivity contribution in [2.45, 2.75) is 17.8 Å². The van der Waals surface area contributed by atoms with Crippen LogP contribution in [0.3, 0.4) is 0 Å². The number of nitrogens with zero attached hydrogens (tertiary/aromatic N) is 1. The quantitative estimate of drug-likeness (QED) is 0.145. The monoisotopic (exact) mass is 823 g/mol. The van der Waals surface area contributed by atoms with Gasteiger partial charge in [-0.05, 0) is 127 Å². The number of rotatable bonds is 7. The second-order valence-electron chi connectivity index (χ2n) is 15.4. The van der Waals surface area contributed by atoms with Crippen LogP contribution in [0.2, 0.25) is 0 Å². The molecule has 0 heterocycles. The van der Waals surface area contributed by atoms with Crippen LogP contribution in [0.1, 0.15) is 55.6 Å². The Morgan fingerprint density at radius 2 is 0.710 bits per heavy atom. The van der Waals surface area contributed by atoms with E-state index in [4.69, 9.17) is 0 Å². The number of para-hydroxylation sites is 2. The van der Waals surface area contributed by atoms with Crippen molar-refractivity contribution >= 4 is 39.4 Å². The predicted octanol–water partition coefficient (Wildman–Crippen LogP) is 15.4. The maximum absolute atomic E-state index is 14.3. The molecular weight excluding hydrogens is 789 g/mol. The molecule has 0 aromatic heterocycles. The van der Waals surface area contributed by atoms with Crippen LogP contribution in [0, 0.1) is 0 Å². The summed E-state index contributed by atoms with van der Waals surface area (Å²) in [4.78, 5) is 2.16. The van der Waals surface area contributed by atoms with Crippen molar-refractivity contribution < 1.29 is 26.3 Å². The molecule has 0 fully saturated rings. The maximum atomic E-state index is 14.3. The van der Waals surface area contributed by atoms with Crippen molar-refractivity contribution in [3.8, 4) is 0 Å². The topological polar surface area (TPSA) is 3.24 Å². The zero-order valence-corrected chi connectivity index (χ0v) is 32.9. The highest BCUT2D eigenvalue weighted by molar-refractivity contribution is 6.23. The summed E-state index contributed by atoms with van der Waals surface area (Å²) in [5, 5.41) is 0. The minimum Gasteiger partial charge on any atom is -0.310 e. The minimum absolute atomic E-state index is 0.500. The Bertz CT molecular complexity index is 2950. The highest BCUT2D eigenvalue weighted by atomic mass is 19.4. The molecule has 2 aliphatic rings. The van der Waals surface area contributed by atoms with Crippen molar-refractivity contribution in [1.82, 2.24) is 0 Å². The van der Waals surface area contributed by atoms with Crippen molar-refractivity contribution in [2.24, 2.45) is 0 Å². The molecule has 1 atom stereocenters. The predicted molar refractivity (Wildman–Crippen MR) is 236 cm³/mol. The van der Waals surface area contributed by atoms with E-state index in [0.29, 0.717) is 22.3 Å². The fourth-order valence-corrected chi connectivity index (χ4v) is 9.46. The molecule has 1 spiro atoms. The van der Waals surface area contributed by atoms with E-state index in [9.17, 15) is 26.3 Å². The fraction of sp³-hybridized carbons (Fsp3) is 0.0545. The van der Waals surface area contributed by atoms with Crippen LogP contribution in [-0.4, -0.2) is 0 Å². The molecule has 0 saturated heterocycles. The van der Waals surface area contributed by atoms with E-state index in [2.05, 4.69) is 47.4 Å². The molecule has 0 N–H and O–H groups in total. The standard InChI is InChI=1S/C55H35F6N/c56-54(57,58)40-29-25-37(26-30-40)50-46-34-33-44(62(42-19-9-3-10-20-42)43-21-11-4-12-22-43)35-48(46)53(52(50)39-27-31-41(32-28-39)55(59,60)61)47-24-14-13-23-45(47)49(36-15-5-1-6-16-36)51(53)38-17-7-2-8-18-38/h1-35H. The third-order valence-electron chi connectivity index (χ3n) is 11.9. The van der Waals surface area contributed by atoms with Crippen molar-refractivity contribution in [3.05, 3.63) is 268 Å². The first-order valence-electron chi connectivity index (χ1n) is 20.2. The van der Waals surface area contributed by atoms with E-state index in [-0.39, 0.29) is 0 Å². The van der Waals surface area contributed by atoms with Gasteiger partial charge in [-0.1, -0.05) is 152 Å². The number of benzene rings is 8. The van der Waals surface area contributed by atoms with Gasteiger partial charge in [-0.15, -0.1) is 0 Å². The van der Waals surface area contributed by atoms with E-state index in [1.165, 1.54) is 24.3 Å². The van der Waals surface area contributed by atoms with Crippen LogP contribution < -0.4 is 4.90 Å². The number of hydrogen-bond acceptors (Lipinski definition) is 1. The van der Waals surface area contributed by atoms with Gasteiger partial charge in [-0.25, -0.2) is 0 Å². The van der Waals surface area contributed by atoms with Gasteiger partial charge in [0, 0.05) is 17.1 Å². The lowest BCUT2D eigenvalue weighted by Gasteiger charge is -2.36. The number of anilines is 3. The fourth-order valence-electron chi connectivity index (χ4n) is 9.46. The van der Waals surface area contributed by atoms with Gasteiger partial charge in [0.05, 0.1) is 16.5 Å². The van der Waals surface area contributed by atoms with Gasteiger partial charge in [-0.3, -0.25) is 0 Å². The summed E-state index contributed by atoms with van der Waals surface area (Å²) in [6.45, 7) is 0. The number of alkyl halides is 6. The molecule has 2 aliphatic carbocycles. The highest BCUT2D eigenvalue weighted by Crippen LogP contribution is 2.68. The number of allylic oxidation sites excluding steroid dienone is 2.